The van der Waals surface area contributed by atoms with E-state index in [1.54, 1.807) is 4.90 Å². The fourth-order valence-electron chi connectivity index (χ4n) is 1.52. The predicted molar refractivity (Wildman–Crippen MR) is 47.0 cm³/mol. The molecule has 0 aliphatic carbocycles. The quantitative estimate of drug-likeness (QED) is 0.590. The van der Waals surface area contributed by atoms with Crippen molar-refractivity contribution in [2.75, 3.05) is 13.7 Å². The maximum Gasteiger partial charge on any atom is 0.325 e. The van der Waals surface area contributed by atoms with E-state index in [2.05, 4.69) is 4.74 Å². The first-order chi connectivity index (χ1) is 5.97. The van der Waals surface area contributed by atoms with E-state index in [0.29, 0.717) is 6.42 Å². The summed E-state index contributed by atoms with van der Waals surface area (Å²) < 4.78 is 4.52. The molecule has 0 aromatic rings. The molecule has 0 saturated carbocycles. The first kappa shape index (κ1) is 10.0. The van der Waals surface area contributed by atoms with Gasteiger partial charge in [-0.15, -0.1) is 0 Å². The summed E-state index contributed by atoms with van der Waals surface area (Å²) in [7, 11) is 1.33. The van der Waals surface area contributed by atoms with Gasteiger partial charge in [0, 0.05) is 12.0 Å². The number of likely N-dealkylation sites (tertiary alicyclic amines) is 1. The van der Waals surface area contributed by atoms with Crippen LogP contribution in [0.25, 0.3) is 0 Å². The molecule has 0 aromatic carbocycles. The van der Waals surface area contributed by atoms with E-state index in [0.717, 1.165) is 6.42 Å². The van der Waals surface area contributed by atoms with Gasteiger partial charge in [-0.2, -0.15) is 0 Å². The molecule has 1 fully saturated rings. The molecule has 74 valence electrons. The van der Waals surface area contributed by atoms with E-state index in [1.165, 1.54) is 7.11 Å². The fraction of sp³-hybridized carbons (Fsp3) is 0.778. The number of hydrogen-bond acceptors (Lipinski definition) is 3. The van der Waals surface area contributed by atoms with Gasteiger partial charge in [-0.25, -0.2) is 0 Å². The highest BCUT2D eigenvalue weighted by atomic mass is 16.5. The van der Waals surface area contributed by atoms with Crippen molar-refractivity contribution in [3.63, 3.8) is 0 Å². The minimum Gasteiger partial charge on any atom is -0.468 e. The van der Waals surface area contributed by atoms with E-state index < -0.39 is 0 Å². The maximum absolute atomic E-state index is 11.4. The van der Waals surface area contributed by atoms with Gasteiger partial charge in [-0.1, -0.05) is 0 Å². The van der Waals surface area contributed by atoms with Crippen LogP contribution in [-0.2, 0) is 14.3 Å². The largest absolute Gasteiger partial charge is 0.468 e. The molecule has 0 unspecified atom stereocenters. The molecule has 1 heterocycles. The zero-order chi connectivity index (χ0) is 10.1. The van der Waals surface area contributed by atoms with Crippen LogP contribution < -0.4 is 0 Å². The Morgan fingerprint density at radius 3 is 2.62 bits per heavy atom. The molecule has 1 saturated heterocycles. The second-order valence-electron chi connectivity index (χ2n) is 3.87. The number of methoxy groups -OCH3 is 1. The van der Waals surface area contributed by atoms with Crippen LogP contribution in [-0.4, -0.2) is 36.0 Å². The summed E-state index contributed by atoms with van der Waals surface area (Å²) in [5.74, 6) is -0.321. The first-order valence-corrected chi connectivity index (χ1v) is 4.34. The minimum absolute atomic E-state index is 0.0374. The lowest BCUT2D eigenvalue weighted by atomic mass is 10.0. The van der Waals surface area contributed by atoms with Crippen molar-refractivity contribution >= 4 is 11.9 Å². The second kappa shape index (κ2) is 3.36. The Balaban J connectivity index is 2.66. The van der Waals surface area contributed by atoms with Gasteiger partial charge >= 0.3 is 5.97 Å². The third-order valence-corrected chi connectivity index (χ3v) is 2.50. The molecule has 1 aliphatic heterocycles. The third-order valence-electron chi connectivity index (χ3n) is 2.50. The zero-order valence-electron chi connectivity index (χ0n) is 8.29. The number of nitrogens with zero attached hydrogens (tertiary/aromatic N) is 1. The Kier molecular flexibility index (Phi) is 2.59. The van der Waals surface area contributed by atoms with E-state index in [4.69, 9.17) is 0 Å². The van der Waals surface area contributed by atoms with Gasteiger partial charge in [0.15, 0.2) is 0 Å². The molecular weight excluding hydrogens is 170 g/mol. The number of rotatable bonds is 2. The maximum atomic E-state index is 11.4. The van der Waals surface area contributed by atoms with Crippen LogP contribution >= 0.6 is 0 Å². The molecule has 0 spiro atoms. The van der Waals surface area contributed by atoms with Gasteiger partial charge in [0.25, 0.3) is 0 Å². The predicted octanol–water partition coefficient (Wildman–Crippen LogP) is 0.560. The number of hydrogen-bond donors (Lipinski definition) is 0. The van der Waals surface area contributed by atoms with Gasteiger partial charge in [0.1, 0.15) is 6.54 Å². The second-order valence-corrected chi connectivity index (χ2v) is 3.87. The SMILES string of the molecule is COC(=O)CN1C(=O)CCC1(C)C. The normalized spacial score (nSPS) is 20.5. The standard InChI is InChI=1S/C9H15NO3/c1-9(2)5-4-7(11)10(9)6-8(12)13-3/h4-6H2,1-3H3. The molecule has 13 heavy (non-hydrogen) atoms. The lowest BCUT2D eigenvalue weighted by Crippen LogP contribution is -2.44. The van der Waals surface area contributed by atoms with Crippen LogP contribution in [0.2, 0.25) is 0 Å². The van der Waals surface area contributed by atoms with Gasteiger partial charge in [0.05, 0.1) is 7.11 Å². The van der Waals surface area contributed by atoms with Crippen molar-refractivity contribution in [2.45, 2.75) is 32.2 Å². The van der Waals surface area contributed by atoms with Crippen molar-refractivity contribution in [2.24, 2.45) is 0 Å². The van der Waals surface area contributed by atoms with E-state index in [-0.39, 0.29) is 24.0 Å². The topological polar surface area (TPSA) is 46.6 Å². The molecule has 0 bridgehead atoms. The van der Waals surface area contributed by atoms with E-state index in [9.17, 15) is 9.59 Å². The number of esters is 1. The molecule has 1 amide bonds. The molecule has 0 aromatic heterocycles. The Bertz CT molecular complexity index is 235. The summed E-state index contributed by atoms with van der Waals surface area (Å²) in [6, 6.07) is 0. The Morgan fingerprint density at radius 1 is 1.62 bits per heavy atom. The van der Waals surface area contributed by atoms with Crippen LogP contribution in [0.4, 0.5) is 0 Å². The Morgan fingerprint density at radius 2 is 2.23 bits per heavy atom. The number of ether oxygens (including phenoxy) is 1. The number of carbonyl (C=O) groups is 2. The summed E-state index contributed by atoms with van der Waals surface area (Å²) in [6.45, 7) is 3.99. The van der Waals surface area contributed by atoms with E-state index >= 15 is 0 Å². The molecule has 4 nitrogen and oxygen atoms in total. The van der Waals surface area contributed by atoms with Crippen LogP contribution in [0.1, 0.15) is 26.7 Å². The lowest BCUT2D eigenvalue weighted by molar-refractivity contribution is -0.147. The molecule has 1 rings (SSSR count). The molecule has 0 atom stereocenters. The first-order valence-electron chi connectivity index (χ1n) is 4.34. The highest BCUT2D eigenvalue weighted by molar-refractivity contribution is 5.84. The summed E-state index contributed by atoms with van der Waals surface area (Å²) in [5, 5.41) is 0. The van der Waals surface area contributed by atoms with Crippen molar-refractivity contribution in [1.82, 2.24) is 4.90 Å². The highest BCUT2D eigenvalue weighted by Gasteiger charge is 2.38. The number of amides is 1. The van der Waals surface area contributed by atoms with Crippen molar-refractivity contribution in [3.05, 3.63) is 0 Å². The van der Waals surface area contributed by atoms with Gasteiger partial charge < -0.3 is 9.64 Å². The summed E-state index contributed by atoms with van der Waals surface area (Å²) in [6.07, 6.45) is 1.34. The molecule has 0 N–H and O–H groups in total. The van der Waals surface area contributed by atoms with Crippen LogP contribution in [0, 0.1) is 0 Å². The monoisotopic (exact) mass is 185 g/mol. The van der Waals surface area contributed by atoms with Gasteiger partial charge in [-0.3, -0.25) is 9.59 Å². The van der Waals surface area contributed by atoms with Crippen LogP contribution in [0.15, 0.2) is 0 Å². The van der Waals surface area contributed by atoms with Crippen molar-refractivity contribution in [1.29, 1.82) is 0 Å². The smallest absolute Gasteiger partial charge is 0.325 e. The third kappa shape index (κ3) is 1.99. The van der Waals surface area contributed by atoms with Crippen LogP contribution in [0.3, 0.4) is 0 Å². The van der Waals surface area contributed by atoms with E-state index in [1.807, 2.05) is 13.8 Å². The minimum atomic E-state index is -0.358. The fourth-order valence-corrected chi connectivity index (χ4v) is 1.52. The average molecular weight is 185 g/mol. The average Bonchev–Trinajstić information content (AvgIpc) is 2.31. The number of carbonyl (C=O) groups excluding carboxylic acids is 2. The molecule has 1 aliphatic rings. The van der Waals surface area contributed by atoms with Crippen molar-refractivity contribution < 1.29 is 14.3 Å². The lowest BCUT2D eigenvalue weighted by Gasteiger charge is -2.30. The van der Waals surface area contributed by atoms with Crippen LogP contribution in [0.5, 0.6) is 0 Å². The van der Waals surface area contributed by atoms with Crippen molar-refractivity contribution in [3.8, 4) is 0 Å². The highest BCUT2D eigenvalue weighted by Crippen LogP contribution is 2.28. The van der Waals surface area contributed by atoms with Gasteiger partial charge in [0.2, 0.25) is 5.91 Å². The molecular formula is C9H15NO3. The zero-order valence-corrected chi connectivity index (χ0v) is 8.29. The molecule has 0 radical (unpaired) electrons. The summed E-state index contributed by atoms with van der Waals surface area (Å²) >= 11 is 0. The molecule has 4 heteroatoms. The van der Waals surface area contributed by atoms with Gasteiger partial charge in [-0.05, 0) is 20.3 Å². The Hall–Kier alpha value is -1.06. The summed E-state index contributed by atoms with van der Waals surface area (Å²) in [5.41, 5.74) is -0.203. The summed E-state index contributed by atoms with van der Waals surface area (Å²) in [4.78, 5) is 23.9. The Labute approximate surface area is 77.8 Å².